The van der Waals surface area contributed by atoms with Gasteiger partial charge in [-0.05, 0) is 61.0 Å². The number of aryl methyl sites for hydroxylation is 2. The number of methoxy groups -OCH3 is 2. The number of nitrogens with zero attached hydrogens (tertiary/aromatic N) is 2. The van der Waals surface area contributed by atoms with Crippen LogP contribution >= 0.6 is 11.8 Å². The van der Waals surface area contributed by atoms with Crippen LogP contribution in [0.1, 0.15) is 21.5 Å². The monoisotopic (exact) mass is 492 g/mol. The van der Waals surface area contributed by atoms with Crippen LogP contribution in [0.5, 0.6) is 0 Å². The molecule has 180 valence electrons. The number of carbonyl (C=O) groups excluding carboxylic acids is 2. The molecule has 12 heteroatoms. The first-order valence-corrected chi connectivity index (χ1v) is 10.1. The summed E-state index contributed by atoms with van der Waals surface area (Å²) in [5.74, 6) is -3.64. The van der Waals surface area contributed by atoms with E-state index in [9.17, 15) is 31.5 Å². The van der Waals surface area contributed by atoms with E-state index in [-0.39, 0.29) is 33.5 Å². The first kappa shape index (κ1) is 26.6. The Bertz CT molecular complexity index is 1010. The molecule has 0 aliphatic carbocycles. The Kier molecular flexibility index (Phi) is 8.81. The third-order valence-corrected chi connectivity index (χ3v) is 5.30. The molecule has 0 aromatic heterocycles. The number of benzene rings is 2. The number of amides is 3. The minimum absolute atomic E-state index is 0.0631. The number of thioether (sulfide) groups is 1. The van der Waals surface area contributed by atoms with Crippen LogP contribution in [-0.2, 0) is 9.47 Å². The second-order valence-corrected chi connectivity index (χ2v) is 7.93. The summed E-state index contributed by atoms with van der Waals surface area (Å²) in [5, 5.41) is 0. The van der Waals surface area contributed by atoms with Crippen molar-refractivity contribution in [3.8, 4) is 0 Å². The molecular formula is C21H21F5N2O4S. The van der Waals surface area contributed by atoms with Gasteiger partial charge < -0.3 is 9.47 Å². The average Bonchev–Trinajstić information content (AvgIpc) is 2.71. The Morgan fingerprint density at radius 2 is 1.55 bits per heavy atom. The van der Waals surface area contributed by atoms with Crippen molar-refractivity contribution in [2.45, 2.75) is 24.3 Å². The van der Waals surface area contributed by atoms with Crippen LogP contribution in [0.3, 0.4) is 0 Å². The lowest BCUT2D eigenvalue weighted by molar-refractivity contribution is -0.0328. The molecule has 0 heterocycles. The summed E-state index contributed by atoms with van der Waals surface area (Å²) in [5.41, 5.74) is -4.82. The predicted molar refractivity (Wildman–Crippen MR) is 112 cm³/mol. The van der Waals surface area contributed by atoms with Crippen molar-refractivity contribution in [2.24, 2.45) is 0 Å². The highest BCUT2D eigenvalue weighted by Gasteiger charge is 2.34. The molecule has 33 heavy (non-hydrogen) atoms. The molecule has 0 aliphatic heterocycles. The number of urea groups is 1. The molecule has 0 aliphatic rings. The molecule has 2 aromatic carbocycles. The van der Waals surface area contributed by atoms with Crippen LogP contribution < -0.4 is 4.90 Å². The fourth-order valence-corrected chi connectivity index (χ4v) is 3.67. The molecule has 0 saturated heterocycles. The summed E-state index contributed by atoms with van der Waals surface area (Å²) in [6, 6.07) is 4.32. The zero-order valence-electron chi connectivity index (χ0n) is 18.1. The highest BCUT2D eigenvalue weighted by atomic mass is 32.2. The molecular weight excluding hydrogens is 471 g/mol. The maximum absolute atomic E-state index is 14.2. The van der Waals surface area contributed by atoms with Crippen LogP contribution in [0.2, 0.25) is 0 Å². The third kappa shape index (κ3) is 6.42. The SMILES string of the molecule is COCN(C(=O)c1c(F)cccc1F)C(=O)N(COC)c1cc(C)c(SC(F)(F)F)cc1C. The van der Waals surface area contributed by atoms with Crippen LogP contribution in [0, 0.1) is 25.5 Å². The fourth-order valence-electron chi connectivity index (χ4n) is 2.97. The average molecular weight is 492 g/mol. The van der Waals surface area contributed by atoms with E-state index in [4.69, 9.17) is 9.47 Å². The molecule has 0 atom stereocenters. The maximum Gasteiger partial charge on any atom is 0.446 e. The van der Waals surface area contributed by atoms with Crippen molar-refractivity contribution in [1.82, 2.24) is 4.90 Å². The summed E-state index contributed by atoms with van der Waals surface area (Å²) in [7, 11) is 2.43. The molecule has 0 N–H and O–H groups in total. The van der Waals surface area contributed by atoms with Crippen LogP contribution in [-0.4, -0.2) is 50.0 Å². The lowest BCUT2D eigenvalue weighted by Crippen LogP contribution is -2.48. The van der Waals surface area contributed by atoms with E-state index >= 15 is 0 Å². The molecule has 2 rings (SSSR count). The Morgan fingerprint density at radius 1 is 0.970 bits per heavy atom. The normalized spacial score (nSPS) is 11.4. The molecule has 0 saturated carbocycles. The second kappa shape index (κ2) is 10.9. The third-order valence-electron chi connectivity index (χ3n) is 4.41. The second-order valence-electron chi connectivity index (χ2n) is 6.83. The topological polar surface area (TPSA) is 59.1 Å². The fraction of sp³-hybridized carbons (Fsp3) is 0.333. The molecule has 0 radical (unpaired) electrons. The summed E-state index contributed by atoms with van der Waals surface area (Å²) in [6.45, 7) is 1.85. The van der Waals surface area contributed by atoms with E-state index in [2.05, 4.69) is 0 Å². The molecule has 6 nitrogen and oxygen atoms in total. The summed E-state index contributed by atoms with van der Waals surface area (Å²) < 4.78 is 76.7. The lowest BCUT2D eigenvalue weighted by atomic mass is 10.1. The van der Waals surface area contributed by atoms with Crippen LogP contribution in [0.25, 0.3) is 0 Å². The zero-order valence-corrected chi connectivity index (χ0v) is 18.9. The number of hydrogen-bond acceptors (Lipinski definition) is 5. The Labute approximate surface area is 191 Å². The lowest BCUT2D eigenvalue weighted by Gasteiger charge is -2.30. The minimum atomic E-state index is -4.51. The maximum atomic E-state index is 14.2. The highest BCUT2D eigenvalue weighted by Crippen LogP contribution is 2.40. The quantitative estimate of drug-likeness (QED) is 0.292. The molecule has 0 unspecified atom stereocenters. The van der Waals surface area contributed by atoms with Crippen LogP contribution in [0.15, 0.2) is 35.2 Å². The van der Waals surface area contributed by atoms with E-state index in [1.165, 1.54) is 40.2 Å². The molecule has 2 aromatic rings. The van der Waals surface area contributed by atoms with Crippen LogP contribution in [0.4, 0.5) is 32.4 Å². The van der Waals surface area contributed by atoms with Gasteiger partial charge in [-0.15, -0.1) is 0 Å². The number of ether oxygens (including phenoxy) is 2. The van der Waals surface area contributed by atoms with Gasteiger partial charge in [0.2, 0.25) is 0 Å². The van der Waals surface area contributed by atoms with Crippen molar-refractivity contribution in [2.75, 3.05) is 32.6 Å². The van der Waals surface area contributed by atoms with Gasteiger partial charge >= 0.3 is 11.5 Å². The number of hydrogen-bond donors (Lipinski definition) is 0. The first-order chi connectivity index (χ1) is 15.4. The number of anilines is 1. The number of rotatable bonds is 7. The Morgan fingerprint density at radius 3 is 2.06 bits per heavy atom. The largest absolute Gasteiger partial charge is 0.446 e. The van der Waals surface area contributed by atoms with E-state index in [1.54, 1.807) is 0 Å². The van der Waals surface area contributed by atoms with Gasteiger partial charge in [0.25, 0.3) is 5.91 Å². The van der Waals surface area contributed by atoms with Gasteiger partial charge in [0.15, 0.2) is 0 Å². The number of imide groups is 1. The first-order valence-electron chi connectivity index (χ1n) is 9.33. The molecule has 0 fully saturated rings. The van der Waals surface area contributed by atoms with E-state index in [1.807, 2.05) is 0 Å². The van der Waals surface area contributed by atoms with Gasteiger partial charge in [0.05, 0.1) is 5.69 Å². The number of carbonyl (C=O) groups is 2. The van der Waals surface area contributed by atoms with Crippen molar-refractivity contribution in [3.63, 3.8) is 0 Å². The summed E-state index contributed by atoms with van der Waals surface area (Å²) in [6.07, 6.45) is 0. The number of halogens is 5. The van der Waals surface area contributed by atoms with Gasteiger partial charge in [-0.2, -0.15) is 13.2 Å². The van der Waals surface area contributed by atoms with Crippen molar-refractivity contribution < 1.29 is 41.0 Å². The Balaban J connectivity index is 2.51. The smallest absolute Gasteiger partial charge is 0.364 e. The molecule has 3 amide bonds. The van der Waals surface area contributed by atoms with E-state index in [0.29, 0.717) is 4.90 Å². The Hall–Kier alpha value is -2.70. The van der Waals surface area contributed by atoms with E-state index < -0.39 is 48.1 Å². The van der Waals surface area contributed by atoms with Gasteiger partial charge in [-0.1, -0.05) is 6.07 Å². The number of alkyl halides is 3. The standard InChI is InChI=1S/C21H21F5N2O4S/c1-12-9-17(33-21(24,25)26)13(2)8-16(12)27(10-31-3)20(30)28(11-32-4)19(29)18-14(22)6-5-7-15(18)23/h5-9H,10-11H2,1-4H3. The predicted octanol–water partition coefficient (Wildman–Crippen LogP) is 5.47. The van der Waals surface area contributed by atoms with Crippen molar-refractivity contribution in [1.29, 1.82) is 0 Å². The van der Waals surface area contributed by atoms with Crippen molar-refractivity contribution >= 4 is 29.4 Å². The minimum Gasteiger partial charge on any atom is -0.364 e. The molecule has 0 spiro atoms. The van der Waals surface area contributed by atoms with Gasteiger partial charge in [-0.25, -0.2) is 18.5 Å². The van der Waals surface area contributed by atoms with Gasteiger partial charge in [0.1, 0.15) is 30.7 Å². The zero-order chi connectivity index (χ0) is 24.9. The van der Waals surface area contributed by atoms with Gasteiger partial charge in [-0.3, -0.25) is 9.69 Å². The summed E-state index contributed by atoms with van der Waals surface area (Å²) in [4.78, 5) is 27.5. The van der Waals surface area contributed by atoms with Gasteiger partial charge in [0, 0.05) is 19.1 Å². The molecule has 0 bridgehead atoms. The highest BCUT2D eigenvalue weighted by molar-refractivity contribution is 8.00. The van der Waals surface area contributed by atoms with Crippen molar-refractivity contribution in [3.05, 3.63) is 58.7 Å². The summed E-state index contributed by atoms with van der Waals surface area (Å²) >= 11 is -0.299. The van der Waals surface area contributed by atoms with E-state index in [0.717, 1.165) is 23.1 Å².